The van der Waals surface area contributed by atoms with Crippen molar-refractivity contribution in [1.82, 2.24) is 10.6 Å². The largest absolute Gasteiger partial charge is 0.462 e. The first-order valence-electron chi connectivity index (χ1n) is 9.63. The monoisotopic (exact) mass is 434 g/mol. The first kappa shape index (κ1) is 25.5. The summed E-state index contributed by atoms with van der Waals surface area (Å²) in [6, 6.07) is -0.878. The minimum atomic E-state index is -0.878. The van der Waals surface area contributed by atoms with E-state index in [2.05, 4.69) is 10.6 Å². The standard InChI is InChI=1S/C19H34N2O7S/c1-12(2)26-15(22)8-20-16(23)14(21-17(24)28-18(3,4)5)11-29-10-13-9-25-19(6,7)27-13/h12-14H,8-11H2,1-7H3,(H,20,23)(H,21,24)/t13-,14+/m1/s1. The van der Waals surface area contributed by atoms with Crippen molar-refractivity contribution < 1.29 is 33.3 Å². The summed E-state index contributed by atoms with van der Waals surface area (Å²) in [7, 11) is 0. The Bertz CT molecular complexity index is 575. The molecule has 1 saturated heterocycles. The van der Waals surface area contributed by atoms with E-state index >= 15 is 0 Å². The van der Waals surface area contributed by atoms with Crippen molar-refractivity contribution in [3.63, 3.8) is 0 Å². The Balaban J connectivity index is 2.58. The quantitative estimate of drug-likeness (QED) is 0.529. The van der Waals surface area contributed by atoms with Gasteiger partial charge in [-0.05, 0) is 48.5 Å². The zero-order valence-corrected chi connectivity index (χ0v) is 19.1. The summed E-state index contributed by atoms with van der Waals surface area (Å²) in [5.41, 5.74) is -0.695. The molecule has 0 aromatic heterocycles. The van der Waals surface area contributed by atoms with Crippen LogP contribution >= 0.6 is 11.8 Å². The molecule has 0 aromatic rings. The second-order valence-corrected chi connectivity index (χ2v) is 9.52. The van der Waals surface area contributed by atoms with Gasteiger partial charge in [-0.2, -0.15) is 11.8 Å². The third-order valence-electron chi connectivity index (χ3n) is 3.44. The molecule has 1 aliphatic heterocycles. The third-order valence-corrected chi connectivity index (χ3v) is 4.61. The number of hydrogen-bond acceptors (Lipinski definition) is 8. The number of nitrogens with one attached hydrogen (secondary N) is 2. The smallest absolute Gasteiger partial charge is 0.408 e. The van der Waals surface area contributed by atoms with Gasteiger partial charge in [0.25, 0.3) is 0 Å². The number of hydrogen-bond donors (Lipinski definition) is 2. The molecular formula is C19H34N2O7S. The molecular weight excluding hydrogens is 400 g/mol. The van der Waals surface area contributed by atoms with Crippen molar-refractivity contribution in [1.29, 1.82) is 0 Å². The lowest BCUT2D eigenvalue weighted by Gasteiger charge is -2.23. The fourth-order valence-corrected chi connectivity index (χ4v) is 3.42. The minimum absolute atomic E-state index is 0.0961. The highest BCUT2D eigenvalue weighted by Crippen LogP contribution is 2.24. The molecule has 0 bridgehead atoms. The topological polar surface area (TPSA) is 112 Å². The van der Waals surface area contributed by atoms with Crippen LogP contribution in [-0.4, -0.2) is 72.3 Å². The van der Waals surface area contributed by atoms with Gasteiger partial charge in [0.1, 0.15) is 18.2 Å². The highest BCUT2D eigenvalue weighted by Gasteiger charge is 2.33. The van der Waals surface area contributed by atoms with Crippen LogP contribution in [0.5, 0.6) is 0 Å². The van der Waals surface area contributed by atoms with Gasteiger partial charge in [0.2, 0.25) is 5.91 Å². The normalized spacial score (nSPS) is 19.5. The van der Waals surface area contributed by atoms with E-state index in [0.717, 1.165) is 0 Å². The molecule has 9 nitrogen and oxygen atoms in total. The Kier molecular flexibility index (Phi) is 9.70. The maximum Gasteiger partial charge on any atom is 0.408 e. The van der Waals surface area contributed by atoms with Crippen LogP contribution in [0.3, 0.4) is 0 Å². The second kappa shape index (κ2) is 11.0. The lowest BCUT2D eigenvalue weighted by atomic mass is 10.2. The Morgan fingerprint density at radius 3 is 2.41 bits per heavy atom. The molecule has 0 spiro atoms. The van der Waals surface area contributed by atoms with Crippen LogP contribution in [0.15, 0.2) is 0 Å². The highest BCUT2D eigenvalue weighted by atomic mass is 32.2. The summed E-state index contributed by atoms with van der Waals surface area (Å²) >= 11 is 1.44. The second-order valence-electron chi connectivity index (χ2n) is 8.44. The van der Waals surface area contributed by atoms with Gasteiger partial charge >= 0.3 is 12.1 Å². The molecule has 0 saturated carbocycles. The zero-order chi connectivity index (χ0) is 22.2. The van der Waals surface area contributed by atoms with Crippen molar-refractivity contribution in [2.75, 3.05) is 24.7 Å². The van der Waals surface area contributed by atoms with E-state index in [0.29, 0.717) is 12.4 Å². The number of thioether (sulfide) groups is 1. The van der Waals surface area contributed by atoms with Crippen LogP contribution in [0, 0.1) is 0 Å². The van der Waals surface area contributed by atoms with Crippen LogP contribution in [0.1, 0.15) is 48.5 Å². The van der Waals surface area contributed by atoms with E-state index in [1.165, 1.54) is 11.8 Å². The van der Waals surface area contributed by atoms with Crippen molar-refractivity contribution in [3.05, 3.63) is 0 Å². The lowest BCUT2D eigenvalue weighted by molar-refractivity contribution is -0.147. The molecule has 168 valence electrons. The summed E-state index contributed by atoms with van der Waals surface area (Å²) in [6.07, 6.45) is -1.07. The predicted octanol–water partition coefficient (Wildman–Crippen LogP) is 1.83. The van der Waals surface area contributed by atoms with Gasteiger partial charge in [-0.25, -0.2) is 4.79 Å². The number of alkyl carbamates (subject to hydrolysis) is 1. The number of amides is 2. The van der Waals surface area contributed by atoms with Crippen LogP contribution in [0.25, 0.3) is 0 Å². The number of rotatable bonds is 9. The highest BCUT2D eigenvalue weighted by molar-refractivity contribution is 7.99. The van der Waals surface area contributed by atoms with Crippen molar-refractivity contribution in [3.8, 4) is 0 Å². The summed E-state index contributed by atoms with van der Waals surface area (Å²) in [5, 5.41) is 5.06. The van der Waals surface area contributed by atoms with E-state index in [1.54, 1.807) is 34.6 Å². The predicted molar refractivity (Wildman–Crippen MR) is 110 cm³/mol. The average molecular weight is 435 g/mol. The molecule has 2 N–H and O–H groups in total. The molecule has 0 unspecified atom stereocenters. The molecule has 0 radical (unpaired) electrons. The molecule has 29 heavy (non-hydrogen) atoms. The van der Waals surface area contributed by atoms with Crippen molar-refractivity contribution in [2.45, 2.75) is 78.1 Å². The summed E-state index contributed by atoms with van der Waals surface area (Å²) in [5.74, 6) is -0.778. The Labute approximate surface area is 176 Å². The number of carbonyl (C=O) groups is 3. The van der Waals surface area contributed by atoms with Crippen LogP contribution in [0.2, 0.25) is 0 Å². The van der Waals surface area contributed by atoms with Gasteiger partial charge in [0.05, 0.1) is 18.8 Å². The molecule has 2 amide bonds. The van der Waals surface area contributed by atoms with Gasteiger partial charge < -0.3 is 29.6 Å². The molecule has 0 aliphatic carbocycles. The van der Waals surface area contributed by atoms with E-state index < -0.39 is 35.4 Å². The molecule has 2 atom stereocenters. The summed E-state index contributed by atoms with van der Waals surface area (Å²) in [6.45, 7) is 12.5. The average Bonchev–Trinajstić information content (AvgIpc) is 2.88. The van der Waals surface area contributed by atoms with Gasteiger partial charge in [0.15, 0.2) is 5.79 Å². The fourth-order valence-electron chi connectivity index (χ4n) is 2.38. The van der Waals surface area contributed by atoms with Gasteiger partial charge in [-0.15, -0.1) is 0 Å². The van der Waals surface area contributed by atoms with Gasteiger partial charge in [0, 0.05) is 11.5 Å². The molecule has 0 aromatic carbocycles. The van der Waals surface area contributed by atoms with E-state index in [-0.39, 0.29) is 24.5 Å². The Hall–Kier alpha value is -1.52. The maximum absolute atomic E-state index is 12.5. The number of ether oxygens (including phenoxy) is 4. The maximum atomic E-state index is 12.5. The Morgan fingerprint density at radius 1 is 1.24 bits per heavy atom. The van der Waals surface area contributed by atoms with Gasteiger partial charge in [-0.1, -0.05) is 0 Å². The fraction of sp³-hybridized carbons (Fsp3) is 0.842. The van der Waals surface area contributed by atoms with Crippen LogP contribution < -0.4 is 10.6 Å². The van der Waals surface area contributed by atoms with E-state index in [4.69, 9.17) is 18.9 Å². The van der Waals surface area contributed by atoms with Crippen molar-refractivity contribution >= 4 is 29.7 Å². The molecule has 1 aliphatic rings. The number of esters is 1. The third kappa shape index (κ3) is 11.3. The molecule has 1 heterocycles. The minimum Gasteiger partial charge on any atom is -0.462 e. The first-order chi connectivity index (χ1) is 13.3. The SMILES string of the molecule is CC(C)OC(=O)CNC(=O)[C@H](CSC[C@H]1COC(C)(C)O1)NC(=O)OC(C)(C)C. The lowest BCUT2D eigenvalue weighted by Crippen LogP contribution is -2.50. The molecule has 1 rings (SSSR count). The summed E-state index contributed by atoms with van der Waals surface area (Å²) in [4.78, 5) is 36.3. The number of carbonyl (C=O) groups excluding carboxylic acids is 3. The molecule has 1 fully saturated rings. The first-order valence-corrected chi connectivity index (χ1v) is 10.8. The van der Waals surface area contributed by atoms with Crippen LogP contribution in [0.4, 0.5) is 4.79 Å². The van der Waals surface area contributed by atoms with Crippen LogP contribution in [-0.2, 0) is 28.5 Å². The molecule has 10 heteroatoms. The zero-order valence-electron chi connectivity index (χ0n) is 18.3. The van der Waals surface area contributed by atoms with Gasteiger partial charge in [-0.3, -0.25) is 9.59 Å². The Morgan fingerprint density at radius 2 is 1.90 bits per heavy atom. The van der Waals surface area contributed by atoms with E-state index in [9.17, 15) is 14.4 Å². The van der Waals surface area contributed by atoms with E-state index in [1.807, 2.05) is 13.8 Å². The van der Waals surface area contributed by atoms with Crippen molar-refractivity contribution in [2.24, 2.45) is 0 Å². The summed E-state index contributed by atoms with van der Waals surface area (Å²) < 4.78 is 21.5.